The molecule has 0 bridgehead atoms. The minimum Gasteiger partial charge on any atom is -0.377 e. The summed E-state index contributed by atoms with van der Waals surface area (Å²) in [5, 5.41) is 3.55. The van der Waals surface area contributed by atoms with E-state index < -0.39 is 0 Å². The largest absolute Gasteiger partial charge is 0.377 e. The molecule has 0 radical (unpaired) electrons. The van der Waals surface area contributed by atoms with Gasteiger partial charge in [-0.25, -0.2) is 0 Å². The van der Waals surface area contributed by atoms with Crippen molar-refractivity contribution in [1.82, 2.24) is 5.32 Å². The summed E-state index contributed by atoms with van der Waals surface area (Å²) < 4.78 is 5.90. The van der Waals surface area contributed by atoms with Gasteiger partial charge in [-0.3, -0.25) is 0 Å². The molecule has 0 aromatic carbocycles. The molecule has 0 aromatic rings. The van der Waals surface area contributed by atoms with Crippen molar-refractivity contribution in [3.63, 3.8) is 0 Å². The molecule has 0 spiro atoms. The van der Waals surface area contributed by atoms with Crippen molar-refractivity contribution in [1.29, 1.82) is 0 Å². The fourth-order valence-electron chi connectivity index (χ4n) is 2.45. The highest BCUT2D eigenvalue weighted by Gasteiger charge is 2.13. The monoisotopic (exact) mass is 241 g/mol. The number of hydrogen-bond donors (Lipinski definition) is 1. The molecule has 0 saturated heterocycles. The van der Waals surface area contributed by atoms with E-state index in [4.69, 9.17) is 4.74 Å². The second-order valence-electron chi connectivity index (χ2n) is 5.96. The molecule has 2 heteroatoms. The zero-order chi connectivity index (χ0) is 12.5. The van der Waals surface area contributed by atoms with E-state index in [1.165, 1.54) is 44.9 Å². The van der Waals surface area contributed by atoms with E-state index >= 15 is 0 Å². The summed E-state index contributed by atoms with van der Waals surface area (Å²) in [5.41, 5.74) is 0. The lowest BCUT2D eigenvalue weighted by molar-refractivity contribution is 0.0294. The smallest absolute Gasteiger partial charge is 0.0594 e. The van der Waals surface area contributed by atoms with Crippen LogP contribution in [0.4, 0.5) is 0 Å². The first-order valence-electron chi connectivity index (χ1n) is 7.53. The van der Waals surface area contributed by atoms with E-state index in [0.29, 0.717) is 12.1 Å². The lowest BCUT2D eigenvalue weighted by Crippen LogP contribution is -2.31. The van der Waals surface area contributed by atoms with Crippen LogP contribution in [-0.2, 0) is 4.74 Å². The van der Waals surface area contributed by atoms with Crippen LogP contribution >= 0.6 is 0 Å². The molecule has 0 aromatic heterocycles. The number of rotatable bonds is 8. The van der Waals surface area contributed by atoms with Crippen LogP contribution < -0.4 is 5.32 Å². The fraction of sp³-hybridized carbons (Fsp3) is 1.00. The third kappa shape index (κ3) is 7.77. The molecule has 1 unspecified atom stereocenters. The summed E-state index contributed by atoms with van der Waals surface area (Å²) in [5.74, 6) is 0.817. The Morgan fingerprint density at radius 1 is 1.06 bits per heavy atom. The molecule has 1 atom stereocenters. The van der Waals surface area contributed by atoms with E-state index in [2.05, 4.69) is 26.1 Å². The Hall–Kier alpha value is -0.0800. The van der Waals surface area contributed by atoms with Crippen LogP contribution in [0.2, 0.25) is 0 Å². The van der Waals surface area contributed by atoms with Crippen molar-refractivity contribution < 1.29 is 4.74 Å². The van der Waals surface area contributed by atoms with Gasteiger partial charge in [0.15, 0.2) is 0 Å². The first kappa shape index (κ1) is 15.0. The van der Waals surface area contributed by atoms with Gasteiger partial charge in [0, 0.05) is 12.6 Å². The Morgan fingerprint density at radius 2 is 1.76 bits per heavy atom. The summed E-state index contributed by atoms with van der Waals surface area (Å²) >= 11 is 0. The molecule has 1 rings (SSSR count). The van der Waals surface area contributed by atoms with Gasteiger partial charge >= 0.3 is 0 Å². The fourth-order valence-corrected chi connectivity index (χ4v) is 2.45. The molecule has 0 aliphatic heterocycles. The Morgan fingerprint density at radius 3 is 2.41 bits per heavy atom. The van der Waals surface area contributed by atoms with E-state index in [-0.39, 0.29) is 0 Å². The number of hydrogen-bond acceptors (Lipinski definition) is 2. The van der Waals surface area contributed by atoms with Gasteiger partial charge in [0.1, 0.15) is 0 Å². The van der Waals surface area contributed by atoms with E-state index in [1.807, 2.05) is 0 Å². The molecule has 1 fully saturated rings. The highest BCUT2D eigenvalue weighted by molar-refractivity contribution is 4.66. The third-order valence-electron chi connectivity index (χ3n) is 3.68. The molecule has 102 valence electrons. The Bertz CT molecular complexity index is 176. The molecule has 0 amide bonds. The van der Waals surface area contributed by atoms with Gasteiger partial charge in [0.05, 0.1) is 12.7 Å². The Labute approximate surface area is 108 Å². The predicted molar refractivity (Wildman–Crippen MR) is 74.4 cm³/mol. The zero-order valence-electron chi connectivity index (χ0n) is 12.0. The van der Waals surface area contributed by atoms with Gasteiger partial charge < -0.3 is 10.1 Å². The van der Waals surface area contributed by atoms with Gasteiger partial charge in [-0.05, 0) is 38.5 Å². The van der Waals surface area contributed by atoms with E-state index in [9.17, 15) is 0 Å². The molecule has 2 nitrogen and oxygen atoms in total. The maximum atomic E-state index is 5.90. The quantitative estimate of drug-likeness (QED) is 0.653. The summed E-state index contributed by atoms with van der Waals surface area (Å²) in [4.78, 5) is 0. The zero-order valence-corrected chi connectivity index (χ0v) is 12.0. The highest BCUT2D eigenvalue weighted by atomic mass is 16.5. The Balaban J connectivity index is 1.92. The van der Waals surface area contributed by atoms with Crippen molar-refractivity contribution in [2.75, 3.05) is 13.2 Å². The van der Waals surface area contributed by atoms with Crippen LogP contribution in [0.1, 0.15) is 65.7 Å². The summed E-state index contributed by atoms with van der Waals surface area (Å²) in [6, 6.07) is 0.632. The normalized spacial score (nSPS) is 19.8. The van der Waals surface area contributed by atoms with Gasteiger partial charge in [-0.1, -0.05) is 33.1 Å². The average molecular weight is 241 g/mol. The van der Waals surface area contributed by atoms with Crippen molar-refractivity contribution >= 4 is 0 Å². The molecule has 0 heterocycles. The second kappa shape index (κ2) is 8.93. The molecule has 1 aliphatic carbocycles. The SMILES string of the molecule is CC(C)CCC(C)NCCOC1CCCCC1. The lowest BCUT2D eigenvalue weighted by atomic mass is 9.98. The lowest BCUT2D eigenvalue weighted by Gasteiger charge is -2.22. The first-order chi connectivity index (χ1) is 8.18. The minimum absolute atomic E-state index is 0.552. The van der Waals surface area contributed by atoms with Crippen LogP contribution in [0.15, 0.2) is 0 Å². The summed E-state index contributed by atoms with van der Waals surface area (Å²) in [6.07, 6.45) is 9.84. The molecule has 1 aliphatic rings. The van der Waals surface area contributed by atoms with Gasteiger partial charge in [-0.2, -0.15) is 0 Å². The van der Waals surface area contributed by atoms with Crippen LogP contribution in [0, 0.1) is 5.92 Å². The summed E-state index contributed by atoms with van der Waals surface area (Å²) in [6.45, 7) is 8.76. The van der Waals surface area contributed by atoms with Crippen molar-refractivity contribution in [3.05, 3.63) is 0 Å². The van der Waals surface area contributed by atoms with Gasteiger partial charge in [-0.15, -0.1) is 0 Å². The first-order valence-corrected chi connectivity index (χ1v) is 7.53. The molecule has 1 N–H and O–H groups in total. The van der Waals surface area contributed by atoms with Crippen molar-refractivity contribution in [3.8, 4) is 0 Å². The topological polar surface area (TPSA) is 21.3 Å². The third-order valence-corrected chi connectivity index (χ3v) is 3.68. The van der Waals surface area contributed by atoms with Gasteiger partial charge in [0.25, 0.3) is 0 Å². The number of nitrogens with one attached hydrogen (secondary N) is 1. The molecule has 1 saturated carbocycles. The number of ether oxygens (including phenoxy) is 1. The predicted octanol–water partition coefficient (Wildman–Crippen LogP) is 3.75. The molecular weight excluding hydrogens is 210 g/mol. The second-order valence-corrected chi connectivity index (χ2v) is 5.96. The maximum Gasteiger partial charge on any atom is 0.0594 e. The Kier molecular flexibility index (Phi) is 7.87. The van der Waals surface area contributed by atoms with Crippen LogP contribution in [0.3, 0.4) is 0 Å². The van der Waals surface area contributed by atoms with Crippen LogP contribution in [0.5, 0.6) is 0 Å². The van der Waals surface area contributed by atoms with E-state index in [0.717, 1.165) is 19.1 Å². The van der Waals surface area contributed by atoms with E-state index in [1.54, 1.807) is 0 Å². The minimum atomic E-state index is 0.552. The maximum absolute atomic E-state index is 5.90. The van der Waals surface area contributed by atoms with Crippen molar-refractivity contribution in [2.45, 2.75) is 77.9 Å². The van der Waals surface area contributed by atoms with Gasteiger partial charge in [0.2, 0.25) is 0 Å². The molecule has 17 heavy (non-hydrogen) atoms. The van der Waals surface area contributed by atoms with Crippen LogP contribution in [0.25, 0.3) is 0 Å². The van der Waals surface area contributed by atoms with Crippen LogP contribution in [-0.4, -0.2) is 25.3 Å². The highest BCUT2D eigenvalue weighted by Crippen LogP contribution is 2.19. The standard InChI is InChI=1S/C15H31NO/c1-13(2)9-10-14(3)16-11-12-17-15-7-5-4-6-8-15/h13-16H,4-12H2,1-3H3. The molecular formula is C15H31NO. The van der Waals surface area contributed by atoms with Crippen molar-refractivity contribution in [2.24, 2.45) is 5.92 Å². The average Bonchev–Trinajstić information content (AvgIpc) is 2.33. The summed E-state index contributed by atoms with van der Waals surface area (Å²) in [7, 11) is 0.